The minimum Gasteiger partial charge on any atom is -0.393 e. The zero-order valence-electron chi connectivity index (χ0n) is 15.6. The number of hydrogen-bond donors (Lipinski definition) is 2. The Morgan fingerprint density at radius 3 is 2.62 bits per heavy atom. The summed E-state index contributed by atoms with van der Waals surface area (Å²) < 4.78 is 0. The van der Waals surface area contributed by atoms with Crippen LogP contribution in [0.5, 0.6) is 0 Å². The summed E-state index contributed by atoms with van der Waals surface area (Å²) >= 11 is 0. The third kappa shape index (κ3) is 2.21. The van der Waals surface area contributed by atoms with E-state index in [4.69, 9.17) is 0 Å². The van der Waals surface area contributed by atoms with E-state index in [2.05, 4.69) is 25.2 Å². The highest BCUT2D eigenvalue weighted by atomic mass is 16.3. The summed E-state index contributed by atoms with van der Waals surface area (Å²) in [5, 5.41) is 14.1. The predicted molar refractivity (Wildman–Crippen MR) is 97.7 cm³/mol. The van der Waals surface area contributed by atoms with E-state index in [0.29, 0.717) is 10.8 Å². The lowest BCUT2D eigenvalue weighted by atomic mass is 9.48. The molecule has 0 aromatic rings. The van der Waals surface area contributed by atoms with Crippen molar-refractivity contribution in [3.8, 4) is 0 Å². The van der Waals surface area contributed by atoms with Gasteiger partial charge in [0.1, 0.15) is 0 Å². The van der Waals surface area contributed by atoms with Gasteiger partial charge in [0.2, 0.25) is 0 Å². The van der Waals surface area contributed by atoms with Crippen molar-refractivity contribution in [1.29, 1.82) is 0 Å². The molecule has 134 valence electrons. The largest absolute Gasteiger partial charge is 0.393 e. The minimum atomic E-state index is -0.0756. The quantitative estimate of drug-likeness (QED) is 0.735. The van der Waals surface area contributed by atoms with Crippen LogP contribution < -0.4 is 5.32 Å². The molecular formula is C22H35NO. The molecule has 0 aliphatic heterocycles. The molecule has 2 nitrogen and oxygen atoms in total. The fourth-order valence-electron chi connectivity index (χ4n) is 7.45. The molecule has 24 heavy (non-hydrogen) atoms. The number of fused-ring (bicyclic) bond motifs is 5. The van der Waals surface area contributed by atoms with E-state index in [0.717, 1.165) is 42.7 Å². The van der Waals surface area contributed by atoms with Crippen molar-refractivity contribution < 1.29 is 5.11 Å². The maximum absolute atomic E-state index is 10.1. The molecule has 5 aliphatic carbocycles. The Bertz CT molecular complexity index is 552. The molecule has 5 aliphatic rings. The average molecular weight is 330 g/mol. The summed E-state index contributed by atoms with van der Waals surface area (Å²) in [7, 11) is 0. The van der Waals surface area contributed by atoms with E-state index in [9.17, 15) is 5.11 Å². The first-order valence-electron chi connectivity index (χ1n) is 10.6. The first-order valence-corrected chi connectivity index (χ1v) is 10.6. The summed E-state index contributed by atoms with van der Waals surface area (Å²) in [4.78, 5) is 0. The van der Waals surface area contributed by atoms with Crippen LogP contribution >= 0.6 is 0 Å². The minimum absolute atomic E-state index is 0.0756. The molecule has 2 heteroatoms. The molecule has 0 saturated heterocycles. The van der Waals surface area contributed by atoms with Gasteiger partial charge in [-0.2, -0.15) is 0 Å². The fourth-order valence-corrected chi connectivity index (χ4v) is 7.45. The highest BCUT2D eigenvalue weighted by Gasteiger charge is 2.58. The Morgan fingerprint density at radius 1 is 1.00 bits per heavy atom. The third-order valence-corrected chi connectivity index (χ3v) is 9.09. The molecule has 7 atom stereocenters. The summed E-state index contributed by atoms with van der Waals surface area (Å²) in [6, 6.07) is 1.63. The zero-order chi connectivity index (χ0) is 16.5. The monoisotopic (exact) mass is 329 g/mol. The Morgan fingerprint density at radius 2 is 1.83 bits per heavy atom. The SMILES string of the molecule is CC12CCC(O)CC1=CCC1C2CCC2(C)C(NC3CC3)CCC12. The van der Waals surface area contributed by atoms with Crippen LogP contribution in [0.3, 0.4) is 0 Å². The van der Waals surface area contributed by atoms with Crippen LogP contribution in [0.1, 0.15) is 78.1 Å². The van der Waals surface area contributed by atoms with Gasteiger partial charge in [-0.3, -0.25) is 0 Å². The highest BCUT2D eigenvalue weighted by molar-refractivity contribution is 5.25. The normalized spacial score (nSPS) is 53.8. The number of rotatable bonds is 2. The second kappa shape index (κ2) is 5.33. The fraction of sp³-hybridized carbons (Fsp3) is 0.909. The van der Waals surface area contributed by atoms with Crippen LogP contribution in [0.15, 0.2) is 11.6 Å². The Hall–Kier alpha value is -0.340. The summed E-state index contributed by atoms with van der Waals surface area (Å²) in [5.74, 6) is 2.70. The van der Waals surface area contributed by atoms with Crippen LogP contribution in [0.25, 0.3) is 0 Å². The van der Waals surface area contributed by atoms with E-state index < -0.39 is 0 Å². The summed E-state index contributed by atoms with van der Waals surface area (Å²) in [6.45, 7) is 5.16. The number of aliphatic hydroxyl groups is 1. The standard InChI is InChI=1S/C22H35NO/c1-21-11-9-16(24)13-14(21)3-6-17-18-7-8-20(23-15-4-5-15)22(18,2)12-10-19(17)21/h3,15-20,23-24H,4-13H2,1-2H3. The number of allylic oxidation sites excluding steroid dienone is 1. The molecule has 0 aromatic heterocycles. The van der Waals surface area contributed by atoms with Crippen molar-refractivity contribution in [2.24, 2.45) is 28.6 Å². The van der Waals surface area contributed by atoms with Gasteiger partial charge in [-0.25, -0.2) is 0 Å². The third-order valence-electron chi connectivity index (χ3n) is 9.09. The van der Waals surface area contributed by atoms with E-state index in [-0.39, 0.29) is 6.10 Å². The van der Waals surface area contributed by atoms with Gasteiger partial charge in [-0.05, 0) is 92.8 Å². The van der Waals surface area contributed by atoms with E-state index in [1.807, 2.05) is 0 Å². The lowest BCUT2D eigenvalue weighted by Gasteiger charge is -2.58. The van der Waals surface area contributed by atoms with Gasteiger partial charge >= 0.3 is 0 Å². The second-order valence-electron chi connectivity index (χ2n) is 10.3. The lowest BCUT2D eigenvalue weighted by Crippen LogP contribution is -2.53. The van der Waals surface area contributed by atoms with Crippen molar-refractivity contribution >= 4 is 0 Å². The van der Waals surface area contributed by atoms with Crippen LogP contribution in [0, 0.1) is 28.6 Å². The van der Waals surface area contributed by atoms with Gasteiger partial charge < -0.3 is 10.4 Å². The molecule has 4 saturated carbocycles. The van der Waals surface area contributed by atoms with Gasteiger partial charge in [0, 0.05) is 12.1 Å². The van der Waals surface area contributed by atoms with E-state index >= 15 is 0 Å². The Balaban J connectivity index is 1.42. The summed E-state index contributed by atoms with van der Waals surface area (Å²) in [5.41, 5.74) is 2.54. The van der Waals surface area contributed by atoms with Crippen molar-refractivity contribution in [2.75, 3.05) is 0 Å². The van der Waals surface area contributed by atoms with Crippen LogP contribution in [0.4, 0.5) is 0 Å². The molecule has 0 bridgehead atoms. The maximum Gasteiger partial charge on any atom is 0.0577 e. The van der Waals surface area contributed by atoms with Crippen LogP contribution in [-0.4, -0.2) is 23.3 Å². The molecule has 0 amide bonds. The molecule has 0 spiro atoms. The Labute approximate surface area is 147 Å². The topological polar surface area (TPSA) is 32.3 Å². The van der Waals surface area contributed by atoms with E-state index in [1.54, 1.807) is 5.57 Å². The van der Waals surface area contributed by atoms with Gasteiger partial charge in [0.25, 0.3) is 0 Å². The molecule has 7 unspecified atom stereocenters. The molecule has 2 N–H and O–H groups in total. The van der Waals surface area contributed by atoms with Crippen molar-refractivity contribution in [3.05, 3.63) is 11.6 Å². The molecule has 4 fully saturated rings. The van der Waals surface area contributed by atoms with Gasteiger partial charge in [-0.15, -0.1) is 0 Å². The Kier molecular flexibility index (Phi) is 3.53. The van der Waals surface area contributed by atoms with Gasteiger partial charge in [0.05, 0.1) is 6.10 Å². The first-order chi connectivity index (χ1) is 11.5. The van der Waals surface area contributed by atoms with Gasteiger partial charge in [-0.1, -0.05) is 25.5 Å². The summed E-state index contributed by atoms with van der Waals surface area (Å²) in [6.07, 6.45) is 15.5. The van der Waals surface area contributed by atoms with Crippen molar-refractivity contribution in [1.82, 2.24) is 5.32 Å². The van der Waals surface area contributed by atoms with Crippen molar-refractivity contribution in [2.45, 2.75) is 96.2 Å². The van der Waals surface area contributed by atoms with Gasteiger partial charge in [0.15, 0.2) is 0 Å². The maximum atomic E-state index is 10.1. The predicted octanol–water partition coefficient (Wildman–Crippen LogP) is 4.43. The van der Waals surface area contributed by atoms with Crippen LogP contribution in [0.2, 0.25) is 0 Å². The molecule has 0 heterocycles. The number of nitrogens with one attached hydrogen (secondary N) is 1. The number of aliphatic hydroxyl groups excluding tert-OH is 1. The van der Waals surface area contributed by atoms with Crippen LogP contribution in [-0.2, 0) is 0 Å². The second-order valence-corrected chi connectivity index (χ2v) is 10.3. The molecule has 0 aromatic carbocycles. The molecular weight excluding hydrogens is 294 g/mol. The average Bonchev–Trinajstić information content (AvgIpc) is 3.31. The lowest BCUT2D eigenvalue weighted by molar-refractivity contribution is -0.0435. The molecule has 0 radical (unpaired) electrons. The zero-order valence-corrected chi connectivity index (χ0v) is 15.6. The number of hydrogen-bond acceptors (Lipinski definition) is 2. The first kappa shape index (κ1) is 15.9. The smallest absolute Gasteiger partial charge is 0.0577 e. The van der Waals surface area contributed by atoms with E-state index in [1.165, 1.54) is 51.4 Å². The highest BCUT2D eigenvalue weighted by Crippen LogP contribution is 2.64. The van der Waals surface area contributed by atoms with Crippen molar-refractivity contribution in [3.63, 3.8) is 0 Å². The molecule has 5 rings (SSSR count).